The normalized spacial score (nSPS) is 20.3. The van der Waals surface area contributed by atoms with Crippen molar-refractivity contribution in [2.75, 3.05) is 19.6 Å². The van der Waals surface area contributed by atoms with Crippen LogP contribution >= 0.6 is 0 Å². The maximum atomic E-state index is 12.7. The molecule has 2 aromatic rings. The number of aromatic nitrogens is 2. The Morgan fingerprint density at radius 2 is 2.00 bits per heavy atom. The minimum atomic E-state index is -0.219. The molecule has 0 saturated carbocycles. The molecule has 0 spiro atoms. The van der Waals surface area contributed by atoms with Crippen molar-refractivity contribution in [2.45, 2.75) is 19.9 Å². The van der Waals surface area contributed by atoms with Gasteiger partial charge in [0.1, 0.15) is 5.69 Å². The first-order chi connectivity index (χ1) is 11.5. The number of hydrogen-bond acceptors (Lipinski definition) is 4. The Kier molecular flexibility index (Phi) is 4.49. The van der Waals surface area contributed by atoms with Crippen molar-refractivity contribution in [2.24, 2.45) is 11.1 Å². The van der Waals surface area contributed by atoms with Gasteiger partial charge < -0.3 is 10.6 Å². The minimum absolute atomic E-state index is 0.0336. The summed E-state index contributed by atoms with van der Waals surface area (Å²) in [5.41, 5.74) is 6.81. The first-order valence-electron chi connectivity index (χ1n) is 8.12. The largest absolute Gasteiger partial charge is 0.337 e. The van der Waals surface area contributed by atoms with Crippen LogP contribution in [0.1, 0.15) is 29.4 Å². The second kappa shape index (κ2) is 6.57. The Morgan fingerprint density at radius 3 is 2.67 bits per heavy atom. The van der Waals surface area contributed by atoms with Gasteiger partial charge in [-0.3, -0.25) is 9.59 Å². The third-order valence-electron chi connectivity index (χ3n) is 4.60. The van der Waals surface area contributed by atoms with Crippen LogP contribution in [-0.4, -0.2) is 40.2 Å². The lowest BCUT2D eigenvalue weighted by Gasteiger charge is -2.22. The quantitative estimate of drug-likeness (QED) is 0.912. The molecule has 126 valence electrons. The molecule has 0 radical (unpaired) electrons. The number of nitrogens with two attached hydrogens (primary N) is 1. The molecule has 0 bridgehead atoms. The monoisotopic (exact) mass is 326 g/mol. The minimum Gasteiger partial charge on any atom is -0.337 e. The van der Waals surface area contributed by atoms with Crippen LogP contribution in [0.4, 0.5) is 0 Å². The Balaban J connectivity index is 1.81. The van der Waals surface area contributed by atoms with Crippen LogP contribution in [0.2, 0.25) is 0 Å². The zero-order chi connectivity index (χ0) is 17.2. The zero-order valence-corrected chi connectivity index (χ0v) is 13.8. The van der Waals surface area contributed by atoms with E-state index in [9.17, 15) is 9.59 Å². The SMILES string of the molecule is CC1(CN)CCN(C(=O)c2ccc(=O)n(Cc3ccccc3)n2)C1. The van der Waals surface area contributed by atoms with Gasteiger partial charge in [0.2, 0.25) is 0 Å². The topological polar surface area (TPSA) is 81.2 Å². The summed E-state index contributed by atoms with van der Waals surface area (Å²) >= 11 is 0. The van der Waals surface area contributed by atoms with Crippen molar-refractivity contribution in [3.05, 3.63) is 64.1 Å². The van der Waals surface area contributed by atoms with Crippen molar-refractivity contribution in [1.82, 2.24) is 14.7 Å². The fourth-order valence-corrected chi connectivity index (χ4v) is 2.96. The maximum absolute atomic E-state index is 12.7. The van der Waals surface area contributed by atoms with Crippen molar-refractivity contribution in [3.8, 4) is 0 Å². The number of carbonyl (C=O) groups is 1. The van der Waals surface area contributed by atoms with Crippen LogP contribution in [0, 0.1) is 5.41 Å². The number of likely N-dealkylation sites (tertiary alicyclic amines) is 1. The Labute approximate surface area is 140 Å². The van der Waals surface area contributed by atoms with Crippen molar-refractivity contribution >= 4 is 5.91 Å². The van der Waals surface area contributed by atoms with Crippen LogP contribution in [0.25, 0.3) is 0 Å². The number of benzene rings is 1. The summed E-state index contributed by atoms with van der Waals surface area (Å²) in [5.74, 6) is -0.144. The number of amides is 1. The first kappa shape index (κ1) is 16.4. The average molecular weight is 326 g/mol. The lowest BCUT2D eigenvalue weighted by molar-refractivity contribution is 0.0768. The van der Waals surface area contributed by atoms with Gasteiger partial charge in [0.25, 0.3) is 11.5 Å². The predicted octanol–water partition coefficient (Wildman–Crippen LogP) is 1.10. The molecular formula is C18H22N4O2. The van der Waals surface area contributed by atoms with E-state index in [0.29, 0.717) is 31.9 Å². The standard InChI is InChI=1S/C18H22N4O2/c1-18(12-19)9-10-21(13-18)17(24)15-7-8-16(23)22(20-15)11-14-5-3-2-4-6-14/h2-8H,9-13,19H2,1H3. The Bertz CT molecular complexity index is 787. The van der Waals surface area contributed by atoms with E-state index in [2.05, 4.69) is 12.0 Å². The fourth-order valence-electron chi connectivity index (χ4n) is 2.96. The highest BCUT2D eigenvalue weighted by atomic mass is 16.2. The third kappa shape index (κ3) is 3.38. The van der Waals surface area contributed by atoms with E-state index in [1.807, 2.05) is 30.3 Å². The van der Waals surface area contributed by atoms with Crippen LogP contribution in [0.5, 0.6) is 0 Å². The molecule has 1 fully saturated rings. The molecule has 1 aromatic carbocycles. The van der Waals surface area contributed by atoms with E-state index < -0.39 is 0 Å². The van der Waals surface area contributed by atoms with Gasteiger partial charge in [0.15, 0.2) is 0 Å². The lowest BCUT2D eigenvalue weighted by Crippen LogP contribution is -2.36. The van der Waals surface area contributed by atoms with E-state index in [1.54, 1.807) is 4.90 Å². The molecule has 6 heteroatoms. The van der Waals surface area contributed by atoms with Gasteiger partial charge in [-0.25, -0.2) is 4.68 Å². The van der Waals surface area contributed by atoms with Crippen LogP contribution in [0.15, 0.2) is 47.3 Å². The van der Waals surface area contributed by atoms with Gasteiger partial charge in [0.05, 0.1) is 6.54 Å². The second-order valence-corrected chi connectivity index (χ2v) is 6.69. The van der Waals surface area contributed by atoms with Crippen LogP contribution in [-0.2, 0) is 6.54 Å². The van der Waals surface area contributed by atoms with E-state index in [4.69, 9.17) is 5.73 Å². The molecular weight excluding hydrogens is 304 g/mol. The zero-order valence-electron chi connectivity index (χ0n) is 13.8. The smallest absolute Gasteiger partial charge is 0.274 e. The molecule has 24 heavy (non-hydrogen) atoms. The average Bonchev–Trinajstić information content (AvgIpc) is 3.00. The molecule has 1 amide bonds. The molecule has 0 aliphatic carbocycles. The van der Waals surface area contributed by atoms with Gasteiger partial charge in [-0.15, -0.1) is 0 Å². The summed E-state index contributed by atoms with van der Waals surface area (Å²) in [4.78, 5) is 26.5. The van der Waals surface area contributed by atoms with Gasteiger partial charge >= 0.3 is 0 Å². The Hall–Kier alpha value is -2.47. The van der Waals surface area contributed by atoms with E-state index in [-0.39, 0.29) is 16.9 Å². The summed E-state index contributed by atoms with van der Waals surface area (Å²) in [6.07, 6.45) is 0.888. The van der Waals surface area contributed by atoms with E-state index in [1.165, 1.54) is 16.8 Å². The van der Waals surface area contributed by atoms with Gasteiger partial charge in [-0.2, -0.15) is 5.10 Å². The first-order valence-corrected chi connectivity index (χ1v) is 8.12. The molecule has 1 aliphatic rings. The highest BCUT2D eigenvalue weighted by Gasteiger charge is 2.35. The number of carbonyl (C=O) groups excluding carboxylic acids is 1. The summed E-state index contributed by atoms with van der Waals surface area (Å²) in [6.45, 7) is 4.29. The maximum Gasteiger partial charge on any atom is 0.274 e. The second-order valence-electron chi connectivity index (χ2n) is 6.69. The van der Waals surface area contributed by atoms with Crippen LogP contribution < -0.4 is 11.3 Å². The van der Waals surface area contributed by atoms with Gasteiger partial charge in [-0.05, 0) is 30.0 Å². The highest BCUT2D eigenvalue weighted by molar-refractivity contribution is 5.92. The van der Waals surface area contributed by atoms with Crippen molar-refractivity contribution in [3.63, 3.8) is 0 Å². The molecule has 1 saturated heterocycles. The molecule has 6 nitrogen and oxygen atoms in total. The molecule has 2 N–H and O–H groups in total. The molecule has 1 aromatic heterocycles. The lowest BCUT2D eigenvalue weighted by atomic mass is 9.90. The fraction of sp³-hybridized carbons (Fsp3) is 0.389. The predicted molar refractivity (Wildman–Crippen MR) is 91.7 cm³/mol. The molecule has 3 rings (SSSR count). The summed E-state index contributed by atoms with van der Waals surface area (Å²) < 4.78 is 1.33. The number of hydrogen-bond donors (Lipinski definition) is 1. The summed E-state index contributed by atoms with van der Waals surface area (Å²) in [6, 6.07) is 12.5. The third-order valence-corrected chi connectivity index (χ3v) is 4.60. The van der Waals surface area contributed by atoms with Gasteiger partial charge in [-0.1, -0.05) is 37.3 Å². The Morgan fingerprint density at radius 1 is 1.25 bits per heavy atom. The van der Waals surface area contributed by atoms with E-state index >= 15 is 0 Å². The van der Waals surface area contributed by atoms with Crippen LogP contribution in [0.3, 0.4) is 0 Å². The highest BCUT2D eigenvalue weighted by Crippen LogP contribution is 2.29. The van der Waals surface area contributed by atoms with Crippen molar-refractivity contribution < 1.29 is 4.79 Å². The van der Waals surface area contributed by atoms with Gasteiger partial charge in [0, 0.05) is 19.2 Å². The summed E-state index contributed by atoms with van der Waals surface area (Å²) in [5, 5.41) is 4.27. The molecule has 2 heterocycles. The van der Waals surface area contributed by atoms with Crippen molar-refractivity contribution in [1.29, 1.82) is 0 Å². The van der Waals surface area contributed by atoms with E-state index in [0.717, 1.165) is 12.0 Å². The summed E-state index contributed by atoms with van der Waals surface area (Å²) in [7, 11) is 0. The number of rotatable bonds is 4. The molecule has 1 atom stereocenters. The molecule has 1 unspecified atom stereocenters. The molecule has 1 aliphatic heterocycles. The number of nitrogens with zero attached hydrogens (tertiary/aromatic N) is 3.